The van der Waals surface area contributed by atoms with Gasteiger partial charge in [-0.25, -0.2) is 13.5 Å². The maximum Gasteiger partial charge on any atom is 0.279 e. The summed E-state index contributed by atoms with van der Waals surface area (Å²) in [4.78, 5) is 12.9. The molecule has 0 aliphatic rings. The maximum atomic E-state index is 14.4. The second kappa shape index (κ2) is 7.27. The number of benzene rings is 3. The van der Waals surface area contributed by atoms with Crippen molar-refractivity contribution >= 4 is 17.0 Å². The zero-order valence-corrected chi connectivity index (χ0v) is 15.3. The number of rotatable bonds is 3. The van der Waals surface area contributed by atoms with Gasteiger partial charge >= 0.3 is 0 Å². The van der Waals surface area contributed by atoms with E-state index in [4.69, 9.17) is 0 Å². The van der Waals surface area contributed by atoms with E-state index in [0.717, 1.165) is 10.7 Å². The number of hydroxylamine groups is 1. The van der Waals surface area contributed by atoms with Gasteiger partial charge in [-0.05, 0) is 30.3 Å². The van der Waals surface area contributed by atoms with Crippen molar-refractivity contribution in [1.82, 2.24) is 9.78 Å². The van der Waals surface area contributed by atoms with Crippen LogP contribution in [-0.2, 0) is 0 Å². The zero-order valence-electron chi connectivity index (χ0n) is 15.3. The summed E-state index contributed by atoms with van der Waals surface area (Å²) in [5.74, 6) is -1.64. The molecule has 144 valence electrons. The van der Waals surface area contributed by atoms with Gasteiger partial charge in [-0.15, -0.1) is 0 Å². The van der Waals surface area contributed by atoms with E-state index in [-0.39, 0.29) is 5.69 Å². The van der Waals surface area contributed by atoms with Gasteiger partial charge in [-0.2, -0.15) is 9.78 Å². The summed E-state index contributed by atoms with van der Waals surface area (Å²) < 4.78 is 29.3. The molecule has 3 aromatic carbocycles. The molecule has 0 amide bonds. The number of halogens is 2. The van der Waals surface area contributed by atoms with Crippen LogP contribution < -0.4 is 5.56 Å². The molecule has 0 saturated heterocycles. The van der Waals surface area contributed by atoms with Gasteiger partial charge in [-0.3, -0.25) is 4.79 Å². The number of aromatic nitrogens is 2. The Bertz CT molecular complexity index is 1330. The van der Waals surface area contributed by atoms with Crippen molar-refractivity contribution in [2.45, 2.75) is 0 Å². The molecule has 0 fully saturated rings. The normalized spacial score (nSPS) is 11.8. The minimum atomic E-state index is -0.893. The number of hydrogen-bond acceptors (Lipinski definition) is 3. The first kappa shape index (κ1) is 18.5. The van der Waals surface area contributed by atoms with Crippen LogP contribution in [0.25, 0.3) is 27.7 Å². The first-order valence-corrected chi connectivity index (χ1v) is 8.77. The fourth-order valence-corrected chi connectivity index (χ4v) is 3.20. The van der Waals surface area contributed by atoms with Crippen LogP contribution in [0.5, 0.6) is 0 Å². The summed E-state index contributed by atoms with van der Waals surface area (Å²) in [5.41, 5.74) is 1.07. The minimum Gasteiger partial charge on any atom is -0.624 e. The van der Waals surface area contributed by atoms with E-state index in [9.17, 15) is 18.8 Å². The van der Waals surface area contributed by atoms with E-state index in [1.807, 2.05) is 0 Å². The lowest BCUT2D eigenvalue weighted by Gasteiger charge is -2.12. The molecule has 5 nitrogen and oxygen atoms in total. The lowest BCUT2D eigenvalue weighted by atomic mass is 10.0. The Balaban J connectivity index is 2.04. The molecule has 1 heterocycles. The molecule has 4 rings (SSSR count). The summed E-state index contributed by atoms with van der Waals surface area (Å²) in [5, 5.41) is 16.7. The summed E-state index contributed by atoms with van der Waals surface area (Å²) in [6.45, 7) is 0. The molecule has 0 aliphatic carbocycles. The Morgan fingerprint density at radius 1 is 1.00 bits per heavy atom. The average Bonchev–Trinajstić information content (AvgIpc) is 2.69. The molecule has 0 radical (unpaired) electrons. The van der Waals surface area contributed by atoms with Crippen LogP contribution in [-0.4, -0.2) is 27.8 Å². The Hall–Kier alpha value is -3.87. The van der Waals surface area contributed by atoms with Crippen LogP contribution in [0.2, 0.25) is 0 Å². The van der Waals surface area contributed by atoms with Gasteiger partial charge in [0.05, 0.1) is 11.1 Å². The Morgan fingerprint density at radius 2 is 1.76 bits per heavy atom. The molecule has 0 spiro atoms. The third kappa shape index (κ3) is 3.50. The second-order valence-corrected chi connectivity index (χ2v) is 6.51. The van der Waals surface area contributed by atoms with E-state index in [0.29, 0.717) is 38.4 Å². The SMILES string of the molecule is C/[N+]([O-])=C/c1cccc(-c2nn(-c3ccc(F)cc3F)c(=O)c3ccccc23)c1. The van der Waals surface area contributed by atoms with E-state index in [1.54, 1.807) is 48.5 Å². The predicted octanol–water partition coefficient (Wildman–Crippen LogP) is 3.89. The fourth-order valence-electron chi connectivity index (χ4n) is 3.20. The largest absolute Gasteiger partial charge is 0.624 e. The molecule has 0 atom stereocenters. The van der Waals surface area contributed by atoms with Crippen LogP contribution in [0.1, 0.15) is 5.56 Å². The number of fused-ring (bicyclic) bond motifs is 1. The fraction of sp³-hybridized carbons (Fsp3) is 0.0455. The standard InChI is InChI=1S/C22H15F2N3O2/c1-26(29)13-14-5-4-6-15(11-14)21-17-7-2-3-8-18(17)22(28)27(25-21)20-10-9-16(23)12-19(20)24/h2-13H,1H3/b26-13-. The van der Waals surface area contributed by atoms with Gasteiger partial charge < -0.3 is 5.21 Å². The molecular weight excluding hydrogens is 376 g/mol. The third-order valence-corrected chi connectivity index (χ3v) is 4.43. The number of nitrogens with zero attached hydrogens (tertiary/aromatic N) is 3. The lowest BCUT2D eigenvalue weighted by molar-refractivity contribution is -0.416. The van der Waals surface area contributed by atoms with Crippen molar-refractivity contribution in [3.8, 4) is 16.9 Å². The summed E-state index contributed by atoms with van der Waals surface area (Å²) in [6.07, 6.45) is 1.40. The summed E-state index contributed by atoms with van der Waals surface area (Å²) in [7, 11) is 1.37. The first-order chi connectivity index (χ1) is 13.9. The van der Waals surface area contributed by atoms with Crippen LogP contribution in [0.4, 0.5) is 8.78 Å². The molecule has 0 bridgehead atoms. The van der Waals surface area contributed by atoms with Crippen LogP contribution in [0.15, 0.2) is 71.5 Å². The molecule has 7 heteroatoms. The highest BCUT2D eigenvalue weighted by molar-refractivity contribution is 5.94. The molecular formula is C22H15F2N3O2. The highest BCUT2D eigenvalue weighted by Gasteiger charge is 2.16. The molecule has 0 aliphatic heterocycles. The van der Waals surface area contributed by atoms with Gasteiger partial charge in [0, 0.05) is 22.6 Å². The highest BCUT2D eigenvalue weighted by Crippen LogP contribution is 2.26. The molecule has 29 heavy (non-hydrogen) atoms. The molecule has 1 aromatic heterocycles. The number of hydrogen-bond donors (Lipinski definition) is 0. The van der Waals surface area contributed by atoms with Gasteiger partial charge in [0.25, 0.3) is 5.56 Å². The van der Waals surface area contributed by atoms with Gasteiger partial charge in [0.1, 0.15) is 18.6 Å². The molecule has 4 aromatic rings. The average molecular weight is 391 g/mol. The van der Waals surface area contributed by atoms with Crippen LogP contribution in [0.3, 0.4) is 0 Å². The summed E-state index contributed by atoms with van der Waals surface area (Å²) >= 11 is 0. The first-order valence-electron chi connectivity index (χ1n) is 8.77. The Morgan fingerprint density at radius 3 is 2.48 bits per heavy atom. The van der Waals surface area contributed by atoms with Gasteiger partial charge in [-0.1, -0.05) is 30.3 Å². The minimum absolute atomic E-state index is 0.148. The maximum absolute atomic E-state index is 14.4. The van der Waals surface area contributed by atoms with Crippen LogP contribution in [0, 0.1) is 16.8 Å². The molecule has 0 unspecified atom stereocenters. The van der Waals surface area contributed by atoms with Gasteiger partial charge in [0.15, 0.2) is 12.0 Å². The third-order valence-electron chi connectivity index (χ3n) is 4.43. The lowest BCUT2D eigenvalue weighted by Crippen LogP contribution is -2.23. The van der Waals surface area contributed by atoms with E-state index in [2.05, 4.69) is 5.10 Å². The van der Waals surface area contributed by atoms with Crippen molar-refractivity contribution in [3.63, 3.8) is 0 Å². The van der Waals surface area contributed by atoms with E-state index >= 15 is 0 Å². The van der Waals surface area contributed by atoms with E-state index < -0.39 is 17.2 Å². The van der Waals surface area contributed by atoms with Crippen molar-refractivity contribution in [2.75, 3.05) is 7.05 Å². The van der Waals surface area contributed by atoms with E-state index in [1.165, 1.54) is 19.3 Å². The molecule has 0 saturated carbocycles. The highest BCUT2D eigenvalue weighted by atomic mass is 19.1. The van der Waals surface area contributed by atoms with Crippen molar-refractivity contribution in [3.05, 3.63) is 99.5 Å². The Labute approximate surface area is 164 Å². The summed E-state index contributed by atoms with van der Waals surface area (Å²) in [6, 6.07) is 16.9. The Kier molecular flexibility index (Phi) is 4.64. The smallest absolute Gasteiger partial charge is 0.279 e. The van der Waals surface area contributed by atoms with Crippen molar-refractivity contribution in [2.24, 2.45) is 0 Å². The van der Waals surface area contributed by atoms with Crippen molar-refractivity contribution in [1.29, 1.82) is 0 Å². The predicted molar refractivity (Wildman–Crippen MR) is 107 cm³/mol. The monoisotopic (exact) mass is 391 g/mol. The topological polar surface area (TPSA) is 61.0 Å². The van der Waals surface area contributed by atoms with Crippen LogP contribution >= 0.6 is 0 Å². The zero-order chi connectivity index (χ0) is 20.5. The van der Waals surface area contributed by atoms with Crippen molar-refractivity contribution < 1.29 is 13.5 Å². The quantitative estimate of drug-likeness (QED) is 0.230. The van der Waals surface area contributed by atoms with Gasteiger partial charge in [0.2, 0.25) is 0 Å². The second-order valence-electron chi connectivity index (χ2n) is 6.51. The molecule has 0 N–H and O–H groups in total.